The van der Waals surface area contributed by atoms with Crippen LogP contribution in [-0.4, -0.2) is 60.5 Å². The number of anilines is 1. The van der Waals surface area contributed by atoms with Gasteiger partial charge in [-0.2, -0.15) is 9.97 Å². The van der Waals surface area contributed by atoms with Crippen LogP contribution in [0.4, 0.5) is 14.7 Å². The number of hydrogen-bond donors (Lipinski definition) is 1. The molecular formula is C24H21F2N7O2. The van der Waals surface area contributed by atoms with Gasteiger partial charge in [-0.1, -0.05) is 0 Å². The lowest BCUT2D eigenvalue weighted by atomic mass is 10.2. The van der Waals surface area contributed by atoms with Crippen molar-refractivity contribution < 1.29 is 18.6 Å². The maximum atomic E-state index is 13.9. The largest absolute Gasteiger partial charge is 0.479 e. The Morgan fingerprint density at radius 2 is 1.94 bits per heavy atom. The number of aromatic nitrogens is 6. The molecule has 11 heteroatoms. The highest BCUT2D eigenvalue weighted by Gasteiger charge is 2.26. The van der Waals surface area contributed by atoms with Crippen molar-refractivity contribution in [3.8, 4) is 11.6 Å². The molecule has 0 aliphatic carbocycles. The normalized spacial score (nSPS) is 16.0. The monoisotopic (exact) mass is 477 g/mol. The lowest BCUT2D eigenvalue weighted by Crippen LogP contribution is -2.25. The predicted octanol–water partition coefficient (Wildman–Crippen LogP) is 3.07. The molecule has 1 aliphatic rings. The molecule has 1 saturated heterocycles. The number of aliphatic hydroxyl groups is 1. The molecule has 0 bridgehead atoms. The summed E-state index contributed by atoms with van der Waals surface area (Å²) in [5, 5.41) is 10.1. The number of methoxy groups -OCH3 is 1. The van der Waals surface area contributed by atoms with Gasteiger partial charge < -0.3 is 23.9 Å². The second-order valence-corrected chi connectivity index (χ2v) is 8.50. The zero-order valence-electron chi connectivity index (χ0n) is 18.8. The van der Waals surface area contributed by atoms with Gasteiger partial charge in [0.1, 0.15) is 23.5 Å². The van der Waals surface area contributed by atoms with Crippen molar-refractivity contribution >= 4 is 28.1 Å². The minimum absolute atomic E-state index is 0.178. The van der Waals surface area contributed by atoms with Crippen molar-refractivity contribution in [1.82, 2.24) is 29.1 Å². The summed E-state index contributed by atoms with van der Waals surface area (Å²) >= 11 is 0. The van der Waals surface area contributed by atoms with E-state index in [2.05, 4.69) is 15.0 Å². The molecule has 6 rings (SSSR count). The van der Waals surface area contributed by atoms with Crippen molar-refractivity contribution in [1.29, 1.82) is 0 Å². The summed E-state index contributed by atoms with van der Waals surface area (Å²) in [4.78, 5) is 19.8. The molecule has 9 nitrogen and oxygen atoms in total. The topological polar surface area (TPSA) is 94.1 Å². The van der Waals surface area contributed by atoms with E-state index in [1.54, 1.807) is 13.3 Å². The molecule has 5 aromatic rings. The Morgan fingerprint density at radius 1 is 1.11 bits per heavy atom. The second-order valence-electron chi connectivity index (χ2n) is 8.50. The van der Waals surface area contributed by atoms with E-state index in [-0.39, 0.29) is 6.54 Å². The van der Waals surface area contributed by atoms with Crippen LogP contribution in [0.1, 0.15) is 12.0 Å². The molecule has 178 valence electrons. The maximum absolute atomic E-state index is 13.9. The minimum atomic E-state index is -0.646. The van der Waals surface area contributed by atoms with Crippen LogP contribution in [0, 0.1) is 11.6 Å². The number of imidazole rings is 1. The van der Waals surface area contributed by atoms with Gasteiger partial charge in [0.2, 0.25) is 11.8 Å². The maximum Gasteiger partial charge on any atom is 0.241 e. The number of aliphatic hydroxyl groups excluding tert-OH is 1. The van der Waals surface area contributed by atoms with Crippen LogP contribution in [0.2, 0.25) is 0 Å². The number of hydrogen-bond acceptors (Lipinski definition) is 7. The lowest BCUT2D eigenvalue weighted by Gasteiger charge is -2.19. The minimum Gasteiger partial charge on any atom is -0.479 e. The number of rotatable bonds is 5. The summed E-state index contributed by atoms with van der Waals surface area (Å²) in [5.74, 6) is -0.278. The number of nitrogens with zero attached hydrogens (tertiary/aromatic N) is 7. The number of halogens is 2. The Labute approximate surface area is 198 Å². The number of β-amino-alcohol motifs (C(OH)–C–C–N with tert-alkyl or cyclic N) is 1. The average molecular weight is 477 g/mol. The number of fused-ring (bicyclic) bond motifs is 2. The zero-order valence-corrected chi connectivity index (χ0v) is 18.8. The van der Waals surface area contributed by atoms with E-state index >= 15 is 0 Å². The Kier molecular flexibility index (Phi) is 5.06. The number of ether oxygens (including phenoxy) is 1. The molecule has 1 fully saturated rings. The second kappa shape index (κ2) is 8.27. The van der Waals surface area contributed by atoms with Crippen molar-refractivity contribution in [3.05, 3.63) is 66.3 Å². The molecule has 0 saturated carbocycles. The van der Waals surface area contributed by atoms with Crippen LogP contribution in [0.5, 0.6) is 5.88 Å². The van der Waals surface area contributed by atoms with E-state index in [9.17, 15) is 13.9 Å². The molecule has 5 heterocycles. The molecule has 0 radical (unpaired) electrons. The Hall–Kier alpha value is -4.12. The van der Waals surface area contributed by atoms with Gasteiger partial charge in [0, 0.05) is 25.4 Å². The molecule has 1 atom stereocenters. The Balaban J connectivity index is 1.53. The predicted molar refractivity (Wildman–Crippen MR) is 125 cm³/mol. The van der Waals surface area contributed by atoms with Crippen LogP contribution in [0.25, 0.3) is 27.9 Å². The SMILES string of the molecule is COc1ncnc2ccn(-c3cnc4nc(N5CCC(O)C5)n(Cc5cc(F)cc(F)c5)c4c3)c12. The third kappa shape index (κ3) is 3.73. The van der Waals surface area contributed by atoms with Gasteiger partial charge in [0.25, 0.3) is 0 Å². The summed E-state index contributed by atoms with van der Waals surface area (Å²) in [7, 11) is 1.55. The fraction of sp³-hybridized carbons (Fsp3) is 0.250. The van der Waals surface area contributed by atoms with Crippen LogP contribution in [0.15, 0.2) is 49.1 Å². The van der Waals surface area contributed by atoms with Crippen LogP contribution < -0.4 is 9.64 Å². The average Bonchev–Trinajstić information content (AvgIpc) is 3.55. The molecule has 1 unspecified atom stereocenters. The summed E-state index contributed by atoms with van der Waals surface area (Å²) in [6.45, 7) is 1.22. The van der Waals surface area contributed by atoms with E-state index in [4.69, 9.17) is 9.72 Å². The Bertz CT molecular complexity index is 1540. The molecule has 0 amide bonds. The van der Waals surface area contributed by atoms with Gasteiger partial charge in [0.05, 0.1) is 42.7 Å². The van der Waals surface area contributed by atoms with E-state index in [1.165, 1.54) is 18.5 Å². The molecule has 0 spiro atoms. The number of pyridine rings is 1. The lowest BCUT2D eigenvalue weighted by molar-refractivity contribution is 0.198. The smallest absolute Gasteiger partial charge is 0.241 e. The highest BCUT2D eigenvalue weighted by atomic mass is 19.1. The highest BCUT2D eigenvalue weighted by molar-refractivity contribution is 5.84. The fourth-order valence-electron chi connectivity index (χ4n) is 4.63. The quantitative estimate of drug-likeness (QED) is 0.416. The van der Waals surface area contributed by atoms with Crippen molar-refractivity contribution in [3.63, 3.8) is 0 Å². The molecule has 1 aromatic carbocycles. The molecule has 1 N–H and O–H groups in total. The summed E-state index contributed by atoms with van der Waals surface area (Å²) < 4.78 is 37.1. The summed E-state index contributed by atoms with van der Waals surface area (Å²) in [5.41, 5.74) is 3.75. The van der Waals surface area contributed by atoms with Crippen molar-refractivity contribution in [2.24, 2.45) is 0 Å². The molecular weight excluding hydrogens is 456 g/mol. The van der Waals surface area contributed by atoms with Gasteiger partial charge in [-0.25, -0.2) is 18.7 Å². The van der Waals surface area contributed by atoms with Crippen LogP contribution in [-0.2, 0) is 6.54 Å². The summed E-state index contributed by atoms with van der Waals surface area (Å²) in [6, 6.07) is 7.22. The van der Waals surface area contributed by atoms with E-state index in [0.717, 1.165) is 11.8 Å². The van der Waals surface area contributed by atoms with Crippen molar-refractivity contribution in [2.45, 2.75) is 19.1 Å². The molecule has 35 heavy (non-hydrogen) atoms. The van der Waals surface area contributed by atoms with Crippen LogP contribution in [0.3, 0.4) is 0 Å². The van der Waals surface area contributed by atoms with Gasteiger partial charge in [-0.15, -0.1) is 0 Å². The molecule has 1 aliphatic heterocycles. The van der Waals surface area contributed by atoms with Gasteiger partial charge >= 0.3 is 0 Å². The van der Waals surface area contributed by atoms with Gasteiger partial charge in [-0.3, -0.25) is 0 Å². The standard InChI is InChI=1S/C24H21F2N7O2/c1-35-23-21-19(28-13-29-23)3-5-32(21)17-9-20-22(27-10-17)30-24(31-4-2-18(34)12-31)33(20)11-14-6-15(25)8-16(26)7-14/h3,5-10,13,18,34H,2,4,11-12H2,1H3. The van der Waals surface area contributed by atoms with Gasteiger partial charge in [-0.05, 0) is 36.2 Å². The van der Waals surface area contributed by atoms with E-state index in [0.29, 0.717) is 59.1 Å². The first-order chi connectivity index (χ1) is 17.0. The molecule has 4 aromatic heterocycles. The van der Waals surface area contributed by atoms with Crippen molar-refractivity contribution in [2.75, 3.05) is 25.1 Å². The zero-order chi connectivity index (χ0) is 24.1. The van der Waals surface area contributed by atoms with Crippen LogP contribution >= 0.6 is 0 Å². The first kappa shape index (κ1) is 21.4. The first-order valence-corrected chi connectivity index (χ1v) is 11.1. The highest BCUT2D eigenvalue weighted by Crippen LogP contribution is 2.30. The fourth-order valence-corrected chi connectivity index (χ4v) is 4.63. The number of benzene rings is 1. The third-order valence-corrected chi connectivity index (χ3v) is 6.19. The summed E-state index contributed by atoms with van der Waals surface area (Å²) in [6.07, 6.45) is 5.14. The van der Waals surface area contributed by atoms with E-state index < -0.39 is 17.7 Å². The third-order valence-electron chi connectivity index (χ3n) is 6.19. The van der Waals surface area contributed by atoms with E-state index in [1.807, 2.05) is 32.4 Å². The van der Waals surface area contributed by atoms with Gasteiger partial charge in [0.15, 0.2) is 5.65 Å². The first-order valence-electron chi connectivity index (χ1n) is 11.1. The Morgan fingerprint density at radius 3 is 2.69 bits per heavy atom.